The van der Waals surface area contributed by atoms with E-state index >= 15 is 0 Å². The first kappa shape index (κ1) is 13.6. The number of aromatic amines is 1. The number of nitrogens with zero attached hydrogens (tertiary/aromatic N) is 4. The summed E-state index contributed by atoms with van der Waals surface area (Å²) in [6, 6.07) is 4.09. The highest BCUT2D eigenvalue weighted by atomic mass is 15.3. The van der Waals surface area contributed by atoms with Crippen LogP contribution < -0.4 is 5.32 Å². The minimum absolute atomic E-state index is 0.657. The Kier molecular flexibility index (Phi) is 3.37. The topological polar surface area (TPSA) is 70.9 Å². The van der Waals surface area contributed by atoms with Crippen LogP contribution in [0.4, 0.5) is 5.82 Å². The molecular formula is C15H20N6. The largest absolute Gasteiger partial charge is 0.364 e. The minimum Gasteiger partial charge on any atom is -0.364 e. The number of anilines is 1. The van der Waals surface area contributed by atoms with Crippen LogP contribution in [0, 0.1) is 20.8 Å². The van der Waals surface area contributed by atoms with Crippen LogP contribution in [0.3, 0.4) is 0 Å². The van der Waals surface area contributed by atoms with Gasteiger partial charge in [-0.2, -0.15) is 14.7 Å². The van der Waals surface area contributed by atoms with Gasteiger partial charge >= 0.3 is 0 Å². The van der Waals surface area contributed by atoms with Crippen molar-refractivity contribution < 1.29 is 0 Å². The summed E-state index contributed by atoms with van der Waals surface area (Å²) < 4.78 is 1.88. The highest BCUT2D eigenvalue weighted by Crippen LogP contribution is 2.19. The molecule has 0 aromatic carbocycles. The van der Waals surface area contributed by atoms with Crippen molar-refractivity contribution >= 4 is 11.5 Å². The lowest BCUT2D eigenvalue weighted by Gasteiger charge is -2.09. The molecule has 6 nitrogen and oxygen atoms in total. The van der Waals surface area contributed by atoms with Gasteiger partial charge in [-0.05, 0) is 33.3 Å². The SMILES string of the molecule is CCc1cc(NCc2cc(C)[nH]n2)n2nc(C)c(C)c2n1. The molecule has 0 aliphatic heterocycles. The molecule has 0 spiro atoms. The molecule has 3 rings (SSSR count). The lowest BCUT2D eigenvalue weighted by molar-refractivity contribution is 0.880. The summed E-state index contributed by atoms with van der Waals surface area (Å²) in [4.78, 5) is 4.67. The third kappa shape index (κ3) is 2.49. The molecule has 0 atom stereocenters. The number of nitrogens with one attached hydrogen (secondary N) is 2. The van der Waals surface area contributed by atoms with E-state index in [4.69, 9.17) is 0 Å². The molecule has 0 fully saturated rings. The van der Waals surface area contributed by atoms with Crippen molar-refractivity contribution in [3.63, 3.8) is 0 Å². The summed E-state index contributed by atoms with van der Waals surface area (Å²) in [6.45, 7) is 8.83. The van der Waals surface area contributed by atoms with E-state index in [-0.39, 0.29) is 0 Å². The molecule has 3 aromatic rings. The van der Waals surface area contributed by atoms with Crippen LogP contribution in [0.1, 0.15) is 35.3 Å². The molecule has 6 heteroatoms. The Hall–Kier alpha value is -2.37. The van der Waals surface area contributed by atoms with Gasteiger partial charge < -0.3 is 5.32 Å². The van der Waals surface area contributed by atoms with Crippen molar-refractivity contribution in [1.82, 2.24) is 24.8 Å². The summed E-state index contributed by atoms with van der Waals surface area (Å²) in [7, 11) is 0. The molecule has 3 heterocycles. The fourth-order valence-electron chi connectivity index (χ4n) is 2.33. The van der Waals surface area contributed by atoms with Crippen LogP contribution in [0.15, 0.2) is 12.1 Å². The molecule has 110 valence electrons. The lowest BCUT2D eigenvalue weighted by atomic mass is 10.2. The van der Waals surface area contributed by atoms with Gasteiger partial charge in [0.15, 0.2) is 5.65 Å². The molecule has 0 aliphatic carbocycles. The number of hydrogen-bond acceptors (Lipinski definition) is 4. The number of rotatable bonds is 4. The Labute approximate surface area is 123 Å². The molecule has 0 aliphatic rings. The van der Waals surface area contributed by atoms with E-state index in [1.165, 1.54) is 0 Å². The normalized spacial score (nSPS) is 11.2. The van der Waals surface area contributed by atoms with Gasteiger partial charge in [-0.3, -0.25) is 5.10 Å². The van der Waals surface area contributed by atoms with Crippen molar-refractivity contribution in [3.05, 3.63) is 40.5 Å². The van der Waals surface area contributed by atoms with Gasteiger partial charge in [0.2, 0.25) is 0 Å². The van der Waals surface area contributed by atoms with Gasteiger partial charge in [0.25, 0.3) is 0 Å². The molecule has 0 saturated heterocycles. The van der Waals surface area contributed by atoms with Gasteiger partial charge in [0, 0.05) is 23.0 Å². The quantitative estimate of drug-likeness (QED) is 0.772. The Morgan fingerprint density at radius 3 is 2.67 bits per heavy atom. The molecule has 2 N–H and O–H groups in total. The highest BCUT2D eigenvalue weighted by Gasteiger charge is 2.11. The molecule has 0 saturated carbocycles. The third-order valence-corrected chi connectivity index (χ3v) is 3.68. The third-order valence-electron chi connectivity index (χ3n) is 3.68. The molecule has 21 heavy (non-hydrogen) atoms. The van der Waals surface area contributed by atoms with E-state index < -0.39 is 0 Å². The summed E-state index contributed by atoms with van der Waals surface area (Å²) in [5, 5.41) is 15.2. The maximum Gasteiger partial charge on any atom is 0.160 e. The van der Waals surface area contributed by atoms with Crippen LogP contribution in [-0.4, -0.2) is 24.8 Å². The predicted octanol–water partition coefficient (Wildman–Crippen LogP) is 2.55. The fraction of sp³-hybridized carbons (Fsp3) is 0.400. The number of hydrogen-bond donors (Lipinski definition) is 2. The summed E-state index contributed by atoms with van der Waals surface area (Å²) in [6.07, 6.45) is 0.899. The van der Waals surface area contributed by atoms with E-state index in [9.17, 15) is 0 Å². The standard InChI is InChI=1S/C15H20N6/c1-5-12-7-14(16-8-13-6-9(2)18-19-13)21-15(17-12)10(3)11(4)20-21/h6-7,16H,5,8H2,1-4H3,(H,18,19). The zero-order valence-corrected chi connectivity index (χ0v) is 12.9. The van der Waals surface area contributed by atoms with Crippen molar-refractivity contribution in [2.24, 2.45) is 0 Å². The summed E-state index contributed by atoms with van der Waals surface area (Å²) in [5.74, 6) is 0.953. The Bertz CT molecular complexity index is 783. The van der Waals surface area contributed by atoms with Gasteiger partial charge in [-0.15, -0.1) is 0 Å². The van der Waals surface area contributed by atoms with Crippen LogP contribution in [0.25, 0.3) is 5.65 Å². The van der Waals surface area contributed by atoms with E-state index in [1.807, 2.05) is 24.4 Å². The first-order chi connectivity index (χ1) is 10.1. The van der Waals surface area contributed by atoms with Crippen LogP contribution in [0.2, 0.25) is 0 Å². The average Bonchev–Trinajstić information content (AvgIpc) is 3.01. The van der Waals surface area contributed by atoms with Gasteiger partial charge in [0.05, 0.1) is 17.9 Å². The number of fused-ring (bicyclic) bond motifs is 1. The van der Waals surface area contributed by atoms with Crippen LogP contribution >= 0.6 is 0 Å². The molecule has 3 aromatic heterocycles. The first-order valence-electron chi connectivity index (χ1n) is 7.19. The Morgan fingerprint density at radius 1 is 1.19 bits per heavy atom. The maximum atomic E-state index is 4.67. The van der Waals surface area contributed by atoms with Gasteiger partial charge in [-0.1, -0.05) is 6.92 Å². The molecule has 0 amide bonds. The van der Waals surface area contributed by atoms with E-state index in [2.05, 4.69) is 45.5 Å². The Morgan fingerprint density at radius 2 is 2.00 bits per heavy atom. The predicted molar refractivity (Wildman–Crippen MR) is 82.5 cm³/mol. The monoisotopic (exact) mass is 284 g/mol. The first-order valence-corrected chi connectivity index (χ1v) is 7.19. The lowest BCUT2D eigenvalue weighted by Crippen LogP contribution is -2.08. The van der Waals surface area contributed by atoms with Crippen molar-refractivity contribution in [3.8, 4) is 0 Å². The molecule has 0 unspecified atom stereocenters. The second kappa shape index (κ2) is 5.20. The molecular weight excluding hydrogens is 264 g/mol. The zero-order valence-electron chi connectivity index (χ0n) is 12.9. The Balaban J connectivity index is 1.98. The second-order valence-corrected chi connectivity index (χ2v) is 5.33. The smallest absolute Gasteiger partial charge is 0.160 e. The molecule has 0 radical (unpaired) electrons. The van der Waals surface area contributed by atoms with Gasteiger partial charge in [0.1, 0.15) is 5.82 Å². The van der Waals surface area contributed by atoms with E-state index in [0.29, 0.717) is 6.54 Å². The minimum atomic E-state index is 0.657. The zero-order chi connectivity index (χ0) is 15.0. The van der Waals surface area contributed by atoms with Gasteiger partial charge in [-0.25, -0.2) is 4.98 Å². The summed E-state index contributed by atoms with van der Waals surface area (Å²) >= 11 is 0. The van der Waals surface area contributed by atoms with E-state index in [0.717, 1.165) is 46.2 Å². The number of H-pyrrole nitrogens is 1. The van der Waals surface area contributed by atoms with E-state index in [1.54, 1.807) is 0 Å². The van der Waals surface area contributed by atoms with Crippen molar-refractivity contribution in [2.75, 3.05) is 5.32 Å². The number of aryl methyl sites for hydroxylation is 4. The summed E-state index contributed by atoms with van der Waals surface area (Å²) in [5.41, 5.74) is 6.17. The highest BCUT2D eigenvalue weighted by molar-refractivity contribution is 5.56. The average molecular weight is 284 g/mol. The molecule has 0 bridgehead atoms. The fourth-order valence-corrected chi connectivity index (χ4v) is 2.33. The second-order valence-electron chi connectivity index (χ2n) is 5.33. The van der Waals surface area contributed by atoms with Crippen LogP contribution in [0.5, 0.6) is 0 Å². The van der Waals surface area contributed by atoms with Crippen molar-refractivity contribution in [2.45, 2.75) is 40.7 Å². The van der Waals surface area contributed by atoms with Crippen LogP contribution in [-0.2, 0) is 13.0 Å². The number of aromatic nitrogens is 5. The van der Waals surface area contributed by atoms with Crippen molar-refractivity contribution in [1.29, 1.82) is 0 Å². The maximum absolute atomic E-state index is 4.67.